The molecule has 3 heterocycles. The lowest BCUT2D eigenvalue weighted by atomic mass is 10.1. The van der Waals surface area contributed by atoms with E-state index in [1.165, 1.54) is 26.0 Å². The first-order valence-corrected chi connectivity index (χ1v) is 24.9. The lowest BCUT2D eigenvalue weighted by Gasteiger charge is -2.40. The van der Waals surface area contributed by atoms with Crippen LogP contribution in [-0.2, 0) is 39.1 Å². The lowest BCUT2D eigenvalue weighted by Crippen LogP contribution is -2.48. The molecule has 1 aliphatic rings. The minimum atomic E-state index is -2.21. The molecule has 4 atom stereocenters. The van der Waals surface area contributed by atoms with Crippen LogP contribution < -0.4 is 10.1 Å². The third kappa shape index (κ3) is 11.8. The summed E-state index contributed by atoms with van der Waals surface area (Å²) in [5, 5.41) is 14.3. The minimum Gasteiger partial charge on any atom is -0.476 e. The number of benzene rings is 1. The molecule has 16 nitrogen and oxygen atoms in total. The van der Waals surface area contributed by atoms with Crippen molar-refractivity contribution in [2.75, 3.05) is 31.7 Å². The molecule has 0 spiro atoms. The van der Waals surface area contributed by atoms with Crippen LogP contribution >= 0.6 is 0 Å². The zero-order chi connectivity index (χ0) is 41.6. The number of nitro benzene ring substituents is 1. The molecule has 1 aliphatic heterocycles. The monoisotopic (exact) mass is 816 g/mol. The second kappa shape index (κ2) is 18.1. The van der Waals surface area contributed by atoms with Gasteiger partial charge in [-0.05, 0) is 41.8 Å². The number of rotatable bonds is 18. The summed E-state index contributed by atoms with van der Waals surface area (Å²) in [5.74, 6) is -0.497. The molecule has 1 unspecified atom stereocenters. The van der Waals surface area contributed by atoms with Gasteiger partial charge in [0.1, 0.15) is 25.0 Å². The van der Waals surface area contributed by atoms with Crippen LogP contribution in [0.1, 0.15) is 80.0 Å². The highest BCUT2D eigenvalue weighted by Gasteiger charge is 2.47. The first-order chi connectivity index (χ1) is 26.0. The van der Waals surface area contributed by atoms with E-state index in [-0.39, 0.29) is 59.6 Å². The lowest BCUT2D eigenvalue weighted by molar-refractivity contribution is -0.384. The highest BCUT2D eigenvalue weighted by Crippen LogP contribution is 2.43. The number of aromatic nitrogens is 4. The summed E-state index contributed by atoms with van der Waals surface area (Å²) in [6.07, 6.45) is 1.28. The number of fused-ring (bicyclic) bond motifs is 1. The van der Waals surface area contributed by atoms with E-state index in [1.54, 1.807) is 18.5 Å². The zero-order valence-corrected chi connectivity index (χ0v) is 37.0. The van der Waals surface area contributed by atoms with Gasteiger partial charge >= 0.3 is 11.9 Å². The van der Waals surface area contributed by atoms with Gasteiger partial charge in [0.15, 0.2) is 27.8 Å². The van der Waals surface area contributed by atoms with Crippen LogP contribution in [0.4, 0.5) is 11.6 Å². The molecule has 56 heavy (non-hydrogen) atoms. The van der Waals surface area contributed by atoms with Crippen LogP contribution in [0.2, 0.25) is 36.3 Å². The van der Waals surface area contributed by atoms with Crippen LogP contribution in [0, 0.1) is 10.1 Å². The Kier molecular flexibility index (Phi) is 14.4. The summed E-state index contributed by atoms with van der Waals surface area (Å²) in [7, 11) is -4.31. The summed E-state index contributed by atoms with van der Waals surface area (Å²) in [6, 6.07) is 6.31. The number of anilines is 1. The van der Waals surface area contributed by atoms with Crippen molar-refractivity contribution in [3.8, 4) is 5.88 Å². The van der Waals surface area contributed by atoms with E-state index in [4.69, 9.17) is 37.8 Å². The summed E-state index contributed by atoms with van der Waals surface area (Å²) in [5.41, 5.74) is 1.77. The molecule has 2 aromatic heterocycles. The number of nitro groups is 1. The number of esters is 2. The van der Waals surface area contributed by atoms with E-state index in [9.17, 15) is 19.7 Å². The van der Waals surface area contributed by atoms with Crippen molar-refractivity contribution in [3.63, 3.8) is 0 Å². The van der Waals surface area contributed by atoms with Crippen LogP contribution in [-0.4, -0.2) is 97.7 Å². The number of carbonyl (C=O) groups excluding carboxylic acids is 2. The number of nitrogens with zero attached hydrogens (tertiary/aromatic N) is 5. The van der Waals surface area contributed by atoms with Crippen molar-refractivity contribution in [1.29, 1.82) is 0 Å². The largest absolute Gasteiger partial charge is 0.476 e. The predicted molar refractivity (Wildman–Crippen MR) is 217 cm³/mol. The molecule has 0 saturated carbocycles. The third-order valence-corrected chi connectivity index (χ3v) is 19.9. The normalized spacial score (nSPS) is 18.5. The van der Waals surface area contributed by atoms with Crippen LogP contribution in [0.25, 0.3) is 11.2 Å². The van der Waals surface area contributed by atoms with Crippen molar-refractivity contribution in [2.24, 2.45) is 0 Å². The molecule has 1 aromatic carbocycles. The number of hydrogen-bond donors (Lipinski definition) is 1. The zero-order valence-electron chi connectivity index (χ0n) is 35.0. The van der Waals surface area contributed by atoms with Crippen LogP contribution in [0.15, 0.2) is 30.6 Å². The molecule has 1 N–H and O–H groups in total. The number of carbonyl (C=O) groups is 2. The fourth-order valence-electron chi connectivity index (χ4n) is 5.50. The number of nitrogens with one attached hydrogen (secondary N) is 1. The van der Waals surface area contributed by atoms with Gasteiger partial charge in [-0.1, -0.05) is 53.7 Å². The number of hydrogen-bond acceptors (Lipinski definition) is 14. The first kappa shape index (κ1) is 44.7. The van der Waals surface area contributed by atoms with Crippen LogP contribution in [0.3, 0.4) is 0 Å². The van der Waals surface area contributed by atoms with Gasteiger partial charge in [-0.2, -0.15) is 9.97 Å². The maximum atomic E-state index is 11.7. The molecule has 1 fully saturated rings. The maximum absolute atomic E-state index is 11.7. The van der Waals surface area contributed by atoms with Crippen LogP contribution in [0.5, 0.6) is 5.88 Å². The van der Waals surface area contributed by atoms with Gasteiger partial charge in [-0.15, -0.1) is 0 Å². The van der Waals surface area contributed by atoms with Gasteiger partial charge < -0.3 is 33.1 Å². The Labute approximate surface area is 331 Å². The van der Waals surface area contributed by atoms with Crippen molar-refractivity contribution < 1.29 is 42.3 Å². The summed E-state index contributed by atoms with van der Waals surface area (Å²) >= 11 is 0. The topological polar surface area (TPSA) is 188 Å². The van der Waals surface area contributed by atoms with E-state index in [0.29, 0.717) is 37.0 Å². The van der Waals surface area contributed by atoms with E-state index >= 15 is 0 Å². The van der Waals surface area contributed by atoms with Gasteiger partial charge in [0.05, 0.1) is 30.6 Å². The molecule has 18 heteroatoms. The molecule has 3 aromatic rings. The fourth-order valence-corrected chi connectivity index (χ4v) is 7.88. The van der Waals surface area contributed by atoms with E-state index in [1.807, 2.05) is 4.57 Å². The first-order valence-electron chi connectivity index (χ1n) is 19.1. The van der Waals surface area contributed by atoms with Gasteiger partial charge in [0.2, 0.25) is 11.8 Å². The summed E-state index contributed by atoms with van der Waals surface area (Å²) in [6.45, 7) is 25.6. The average Bonchev–Trinajstić information content (AvgIpc) is 3.68. The Morgan fingerprint density at radius 1 is 1.02 bits per heavy atom. The Morgan fingerprint density at radius 2 is 1.68 bits per heavy atom. The molecular formula is C38H60N6O10Si2. The smallest absolute Gasteiger partial charge is 0.303 e. The maximum Gasteiger partial charge on any atom is 0.303 e. The molecular weight excluding hydrogens is 757 g/mol. The summed E-state index contributed by atoms with van der Waals surface area (Å²) < 4.78 is 39.0. The number of non-ortho nitro benzene ring substituents is 1. The minimum absolute atomic E-state index is 0.0112. The van der Waals surface area contributed by atoms with Crippen molar-refractivity contribution in [2.45, 2.75) is 135 Å². The van der Waals surface area contributed by atoms with E-state index < -0.39 is 45.8 Å². The SMILES string of the molecule is CC(=O)OCC(CCNc1nc(OCCc2ccc([N+](=O)[O-])cc2)c2ncn([C@H]3C[C@H](O[Si](C)(C)C(C)(C)C)[C@@H](CO[Si](C)(C)C(C)(C)C)O3)c2n1)OC(C)=O. The Hall–Kier alpha value is -3.98. The molecule has 0 radical (unpaired) electrons. The number of ether oxygens (including phenoxy) is 4. The highest BCUT2D eigenvalue weighted by atomic mass is 28.4. The van der Waals surface area contributed by atoms with E-state index in [2.05, 4.69) is 78.0 Å². The second-order valence-electron chi connectivity index (χ2n) is 17.3. The number of imidazole rings is 1. The molecule has 310 valence electrons. The van der Waals surface area contributed by atoms with E-state index in [0.717, 1.165) is 5.56 Å². The fraction of sp³-hybridized carbons (Fsp3) is 0.658. The van der Waals surface area contributed by atoms with Gasteiger partial charge in [-0.25, -0.2) is 4.98 Å². The van der Waals surface area contributed by atoms with Gasteiger partial charge in [0, 0.05) is 51.8 Å². The molecule has 0 amide bonds. The van der Waals surface area contributed by atoms with Crippen molar-refractivity contribution >= 4 is 51.4 Å². The standard InChI is InChI=1S/C38H60N6O10Si2/c1-25(45)50-22-29(52-26(2)46)17-19-39-36-41-34-33(35(42-36)49-20-18-27-13-15-28(16-14-27)44(47)48)40-24-43(34)32-21-30(54-56(11,12)38(6,7)8)31(53-32)23-51-55(9,10)37(3,4)5/h13-16,24,29-32H,17-23H2,1-12H3,(H,39,41,42)/t29?,30-,31+,32+/m0/s1. The van der Waals surface area contributed by atoms with Gasteiger partial charge in [-0.3, -0.25) is 24.3 Å². The third-order valence-electron chi connectivity index (χ3n) is 10.9. The summed E-state index contributed by atoms with van der Waals surface area (Å²) in [4.78, 5) is 48.0. The highest BCUT2D eigenvalue weighted by molar-refractivity contribution is 6.74. The average molecular weight is 817 g/mol. The van der Waals surface area contributed by atoms with Crippen molar-refractivity contribution in [1.82, 2.24) is 19.5 Å². The van der Waals surface area contributed by atoms with Crippen molar-refractivity contribution in [3.05, 3.63) is 46.3 Å². The quantitative estimate of drug-likeness (QED) is 0.0581. The molecule has 4 rings (SSSR count). The molecule has 0 bridgehead atoms. The Balaban J connectivity index is 1.64. The van der Waals surface area contributed by atoms with Gasteiger partial charge in [0.25, 0.3) is 5.69 Å². The second-order valence-corrected chi connectivity index (χ2v) is 26.9. The molecule has 0 aliphatic carbocycles. The predicted octanol–water partition coefficient (Wildman–Crippen LogP) is 7.35. The molecule has 1 saturated heterocycles. The Morgan fingerprint density at radius 3 is 2.27 bits per heavy atom. The Bertz CT molecular complexity index is 1820.